The molecule has 2 aromatic heterocycles. The zero-order valence-corrected chi connectivity index (χ0v) is 12.5. The van der Waals surface area contributed by atoms with E-state index >= 15 is 0 Å². The van der Waals surface area contributed by atoms with Crippen LogP contribution in [0.25, 0.3) is 0 Å². The average Bonchev–Trinajstić information content (AvgIpc) is 3.15. The lowest BCUT2D eigenvalue weighted by Gasteiger charge is -2.07. The predicted molar refractivity (Wildman–Crippen MR) is 78.4 cm³/mol. The molecule has 0 aromatic carbocycles. The molecule has 21 heavy (non-hydrogen) atoms. The number of furan rings is 1. The van der Waals surface area contributed by atoms with E-state index in [2.05, 4.69) is 15.0 Å². The van der Waals surface area contributed by atoms with Crippen molar-refractivity contribution in [3.05, 3.63) is 41.9 Å². The van der Waals surface area contributed by atoms with Crippen LogP contribution in [0.4, 0.5) is 5.69 Å². The molecule has 1 fully saturated rings. The van der Waals surface area contributed by atoms with Crippen LogP contribution in [0.3, 0.4) is 0 Å². The van der Waals surface area contributed by atoms with Crippen LogP contribution in [0.15, 0.2) is 40.1 Å². The van der Waals surface area contributed by atoms with Crippen molar-refractivity contribution in [2.45, 2.75) is 37.4 Å². The minimum Gasteiger partial charge on any atom is -0.446 e. The Bertz CT molecular complexity index is 735. The van der Waals surface area contributed by atoms with E-state index in [-0.39, 0.29) is 5.09 Å². The number of aromatic nitrogens is 1. The Balaban J connectivity index is 1.73. The minimum absolute atomic E-state index is 0.0849. The average molecular weight is 307 g/mol. The largest absolute Gasteiger partial charge is 0.446 e. The van der Waals surface area contributed by atoms with E-state index < -0.39 is 10.0 Å². The highest BCUT2D eigenvalue weighted by molar-refractivity contribution is 7.92. The second-order valence-electron chi connectivity index (χ2n) is 5.17. The molecule has 6 nitrogen and oxygen atoms in total. The smallest absolute Gasteiger partial charge is 0.295 e. The van der Waals surface area contributed by atoms with Gasteiger partial charge < -0.3 is 9.73 Å². The normalized spacial score (nSPS) is 15.1. The van der Waals surface area contributed by atoms with Gasteiger partial charge in [-0.1, -0.05) is 0 Å². The molecule has 2 aromatic rings. The monoisotopic (exact) mass is 307 g/mol. The van der Waals surface area contributed by atoms with E-state index in [1.165, 1.54) is 25.1 Å². The highest BCUT2D eigenvalue weighted by Gasteiger charge is 2.22. The first-order valence-corrected chi connectivity index (χ1v) is 8.28. The van der Waals surface area contributed by atoms with Crippen LogP contribution in [-0.4, -0.2) is 19.4 Å². The predicted octanol–water partition coefficient (Wildman–Crippen LogP) is 2.04. The summed E-state index contributed by atoms with van der Waals surface area (Å²) in [5.41, 5.74) is 1.25. The molecular weight excluding hydrogens is 290 g/mol. The first kappa shape index (κ1) is 14.1. The van der Waals surface area contributed by atoms with Crippen molar-refractivity contribution >= 4 is 15.7 Å². The molecule has 0 atom stereocenters. The van der Waals surface area contributed by atoms with Crippen LogP contribution in [0.1, 0.15) is 24.2 Å². The number of hydrogen-bond acceptors (Lipinski definition) is 5. The van der Waals surface area contributed by atoms with Crippen LogP contribution < -0.4 is 10.0 Å². The van der Waals surface area contributed by atoms with Gasteiger partial charge in [0, 0.05) is 12.2 Å². The molecular formula is C14H17N3O3S. The van der Waals surface area contributed by atoms with Gasteiger partial charge in [0.15, 0.2) is 0 Å². The van der Waals surface area contributed by atoms with Gasteiger partial charge in [0.05, 0.1) is 18.4 Å². The first-order valence-electron chi connectivity index (χ1n) is 6.80. The van der Waals surface area contributed by atoms with Gasteiger partial charge in [-0.15, -0.1) is 0 Å². The number of anilines is 1. The number of hydrogen-bond donors (Lipinski definition) is 2. The quantitative estimate of drug-likeness (QED) is 0.853. The van der Waals surface area contributed by atoms with Crippen LogP contribution >= 0.6 is 0 Å². The van der Waals surface area contributed by atoms with Crippen molar-refractivity contribution in [3.63, 3.8) is 0 Å². The second kappa shape index (κ2) is 5.50. The number of nitrogens with zero attached hydrogens (tertiary/aromatic N) is 1. The molecule has 2 heterocycles. The molecule has 3 rings (SSSR count). The van der Waals surface area contributed by atoms with Crippen molar-refractivity contribution < 1.29 is 12.8 Å². The standard InChI is InChI=1S/C14H17N3O3S/c1-10-6-7-15-9-13(10)17-21(18,19)14-5-4-12(20-14)8-16-11-2-3-11/h4-7,9,11,16-17H,2-3,8H2,1H3. The topological polar surface area (TPSA) is 84.2 Å². The Morgan fingerprint density at radius 3 is 2.86 bits per heavy atom. The molecule has 2 N–H and O–H groups in total. The third-order valence-corrected chi connectivity index (χ3v) is 4.57. The molecule has 0 spiro atoms. The number of nitrogens with one attached hydrogen (secondary N) is 2. The number of sulfonamides is 1. The lowest BCUT2D eigenvalue weighted by Crippen LogP contribution is -2.15. The summed E-state index contributed by atoms with van der Waals surface area (Å²) in [6, 6.07) is 5.44. The maximum Gasteiger partial charge on any atom is 0.295 e. The van der Waals surface area contributed by atoms with Gasteiger partial charge in [-0.3, -0.25) is 9.71 Å². The summed E-state index contributed by atoms with van der Waals surface area (Å²) in [6.07, 6.45) is 5.44. The maximum atomic E-state index is 12.3. The van der Waals surface area contributed by atoms with E-state index in [1.807, 2.05) is 6.92 Å². The molecule has 0 unspecified atom stereocenters. The SMILES string of the molecule is Cc1ccncc1NS(=O)(=O)c1ccc(CNC2CC2)o1. The molecule has 0 aliphatic heterocycles. The lowest BCUT2D eigenvalue weighted by molar-refractivity contribution is 0.403. The van der Waals surface area contributed by atoms with E-state index in [0.717, 1.165) is 5.56 Å². The highest BCUT2D eigenvalue weighted by atomic mass is 32.2. The summed E-state index contributed by atoms with van der Waals surface area (Å²) >= 11 is 0. The van der Waals surface area contributed by atoms with E-state index in [1.54, 1.807) is 18.3 Å². The van der Waals surface area contributed by atoms with Crippen LogP contribution in [0, 0.1) is 6.92 Å². The zero-order chi connectivity index (χ0) is 14.9. The van der Waals surface area contributed by atoms with E-state index in [9.17, 15) is 8.42 Å². The van der Waals surface area contributed by atoms with Gasteiger partial charge in [-0.05, 0) is 43.5 Å². The fourth-order valence-corrected chi connectivity index (χ4v) is 2.96. The van der Waals surface area contributed by atoms with Gasteiger partial charge in [0.25, 0.3) is 10.0 Å². The van der Waals surface area contributed by atoms with Crippen molar-refractivity contribution in [2.75, 3.05) is 4.72 Å². The van der Waals surface area contributed by atoms with Crippen LogP contribution in [-0.2, 0) is 16.6 Å². The molecule has 0 saturated heterocycles. The summed E-state index contributed by atoms with van der Waals surface area (Å²) < 4.78 is 32.4. The Kier molecular flexibility index (Phi) is 3.69. The maximum absolute atomic E-state index is 12.3. The van der Waals surface area contributed by atoms with Crippen molar-refractivity contribution in [1.82, 2.24) is 10.3 Å². The fourth-order valence-electron chi connectivity index (χ4n) is 1.90. The Labute approximate surface area is 123 Å². The molecule has 0 bridgehead atoms. The van der Waals surface area contributed by atoms with Gasteiger partial charge in [0.2, 0.25) is 5.09 Å². The molecule has 1 aliphatic carbocycles. The van der Waals surface area contributed by atoms with Gasteiger partial charge in [-0.2, -0.15) is 8.42 Å². The lowest BCUT2D eigenvalue weighted by atomic mass is 10.3. The Morgan fingerprint density at radius 1 is 1.33 bits per heavy atom. The number of pyridine rings is 1. The fraction of sp³-hybridized carbons (Fsp3) is 0.357. The second-order valence-corrected chi connectivity index (χ2v) is 6.79. The molecule has 7 heteroatoms. The van der Waals surface area contributed by atoms with Crippen molar-refractivity contribution in [2.24, 2.45) is 0 Å². The minimum atomic E-state index is -3.72. The molecule has 0 amide bonds. The third-order valence-electron chi connectivity index (χ3n) is 3.33. The Hall–Kier alpha value is -1.86. The van der Waals surface area contributed by atoms with Gasteiger partial charge in [0.1, 0.15) is 5.76 Å². The highest BCUT2D eigenvalue weighted by Crippen LogP contribution is 2.22. The summed E-state index contributed by atoms with van der Waals surface area (Å²) in [4.78, 5) is 3.92. The number of rotatable bonds is 6. The van der Waals surface area contributed by atoms with Crippen molar-refractivity contribution in [1.29, 1.82) is 0 Å². The van der Waals surface area contributed by atoms with Crippen LogP contribution in [0.2, 0.25) is 0 Å². The van der Waals surface area contributed by atoms with E-state index in [0.29, 0.717) is 24.0 Å². The zero-order valence-electron chi connectivity index (χ0n) is 11.7. The van der Waals surface area contributed by atoms with Gasteiger partial charge in [-0.25, -0.2) is 0 Å². The summed E-state index contributed by atoms with van der Waals surface area (Å²) in [7, 11) is -3.72. The number of aryl methyl sites for hydroxylation is 1. The molecule has 112 valence electrons. The van der Waals surface area contributed by atoms with Gasteiger partial charge >= 0.3 is 0 Å². The summed E-state index contributed by atoms with van der Waals surface area (Å²) in [5, 5.41) is 3.19. The molecule has 1 saturated carbocycles. The summed E-state index contributed by atoms with van der Waals surface area (Å²) in [5.74, 6) is 0.616. The van der Waals surface area contributed by atoms with E-state index in [4.69, 9.17) is 4.42 Å². The molecule has 1 aliphatic rings. The summed E-state index contributed by atoms with van der Waals surface area (Å²) in [6.45, 7) is 2.36. The third kappa shape index (κ3) is 3.43. The molecule has 0 radical (unpaired) electrons. The Morgan fingerprint density at radius 2 is 2.14 bits per heavy atom. The first-order chi connectivity index (χ1) is 10.0. The van der Waals surface area contributed by atoms with Crippen LogP contribution in [0.5, 0.6) is 0 Å². The van der Waals surface area contributed by atoms with Crippen molar-refractivity contribution in [3.8, 4) is 0 Å².